The lowest BCUT2D eigenvalue weighted by atomic mass is 9.73. The summed E-state index contributed by atoms with van der Waals surface area (Å²) in [6.07, 6.45) is 0.962. The number of likely N-dealkylation sites (tertiary alicyclic amines) is 1. The molecule has 2 aliphatic heterocycles. The molecule has 2 saturated heterocycles. The molecule has 0 aliphatic carbocycles. The van der Waals surface area contributed by atoms with Gasteiger partial charge in [-0.15, -0.1) is 0 Å². The predicted octanol–water partition coefficient (Wildman–Crippen LogP) is 1.15. The third kappa shape index (κ3) is 2.70. The van der Waals surface area contributed by atoms with E-state index in [1.54, 1.807) is 0 Å². The minimum atomic E-state index is -0.215. The Morgan fingerprint density at radius 1 is 1.33 bits per heavy atom. The molecular formula is C17H25N3O. The van der Waals surface area contributed by atoms with Gasteiger partial charge in [0.25, 0.3) is 0 Å². The highest BCUT2D eigenvalue weighted by atomic mass is 16.2. The van der Waals surface area contributed by atoms with E-state index in [0.29, 0.717) is 5.92 Å². The number of benzene rings is 1. The molecule has 2 fully saturated rings. The second kappa shape index (κ2) is 5.78. The van der Waals surface area contributed by atoms with Crippen LogP contribution in [0.5, 0.6) is 0 Å². The Balaban J connectivity index is 1.84. The van der Waals surface area contributed by atoms with Gasteiger partial charge in [-0.1, -0.05) is 30.3 Å². The first-order chi connectivity index (χ1) is 10.1. The lowest BCUT2D eigenvalue weighted by Gasteiger charge is -2.27. The zero-order valence-corrected chi connectivity index (χ0v) is 13.0. The normalized spacial score (nSPS) is 29.5. The molecule has 3 rings (SSSR count). The maximum atomic E-state index is 12.5. The lowest BCUT2D eigenvalue weighted by Crippen LogP contribution is -2.38. The maximum absolute atomic E-state index is 12.5. The third-order valence-electron chi connectivity index (χ3n) is 4.99. The van der Waals surface area contributed by atoms with Crippen LogP contribution >= 0.6 is 0 Å². The molecule has 0 aromatic heterocycles. The first kappa shape index (κ1) is 14.5. The number of carbonyl (C=O) groups is 1. The molecule has 21 heavy (non-hydrogen) atoms. The standard InChI is InChI=1S/C17H25N3O/c1-19(2)10-11-20-12-15(14-6-4-3-5-7-14)17(13-20)8-9-18-16(17)21/h3-7,15H,8-13H2,1-2H3,(H,18,21)/t15-,17+/m1/s1. The van der Waals surface area contributed by atoms with Crippen LogP contribution in [0.1, 0.15) is 17.9 Å². The van der Waals surface area contributed by atoms with Gasteiger partial charge >= 0.3 is 0 Å². The maximum Gasteiger partial charge on any atom is 0.228 e. The van der Waals surface area contributed by atoms with E-state index < -0.39 is 0 Å². The number of hydrogen-bond donors (Lipinski definition) is 1. The zero-order chi connectivity index (χ0) is 14.9. The first-order valence-corrected chi connectivity index (χ1v) is 7.82. The summed E-state index contributed by atoms with van der Waals surface area (Å²) in [7, 11) is 4.20. The smallest absolute Gasteiger partial charge is 0.228 e. The zero-order valence-electron chi connectivity index (χ0n) is 13.0. The molecule has 1 amide bonds. The number of amides is 1. The average molecular weight is 287 g/mol. The molecule has 114 valence electrons. The summed E-state index contributed by atoms with van der Waals surface area (Å²) >= 11 is 0. The van der Waals surface area contributed by atoms with Crippen molar-refractivity contribution in [2.24, 2.45) is 5.41 Å². The molecule has 4 nitrogen and oxygen atoms in total. The summed E-state index contributed by atoms with van der Waals surface area (Å²) < 4.78 is 0. The second-order valence-corrected chi connectivity index (χ2v) is 6.66. The predicted molar refractivity (Wildman–Crippen MR) is 84.2 cm³/mol. The van der Waals surface area contributed by atoms with Crippen molar-refractivity contribution in [2.45, 2.75) is 12.3 Å². The molecular weight excluding hydrogens is 262 g/mol. The lowest BCUT2D eigenvalue weighted by molar-refractivity contribution is -0.127. The van der Waals surface area contributed by atoms with Gasteiger partial charge in [-0.05, 0) is 26.1 Å². The first-order valence-electron chi connectivity index (χ1n) is 7.82. The van der Waals surface area contributed by atoms with Crippen molar-refractivity contribution in [1.29, 1.82) is 0 Å². The van der Waals surface area contributed by atoms with E-state index in [0.717, 1.165) is 39.1 Å². The molecule has 1 spiro atoms. The van der Waals surface area contributed by atoms with Gasteiger partial charge in [0.1, 0.15) is 0 Å². The van der Waals surface area contributed by atoms with Crippen LogP contribution in [0.3, 0.4) is 0 Å². The van der Waals surface area contributed by atoms with Crippen LogP contribution in [-0.4, -0.2) is 62.5 Å². The van der Waals surface area contributed by atoms with Crippen molar-refractivity contribution in [3.8, 4) is 0 Å². The fourth-order valence-corrected chi connectivity index (χ4v) is 3.80. The summed E-state index contributed by atoms with van der Waals surface area (Å²) in [5.74, 6) is 0.576. The summed E-state index contributed by atoms with van der Waals surface area (Å²) in [5.41, 5.74) is 1.09. The van der Waals surface area contributed by atoms with E-state index >= 15 is 0 Å². The Labute approximate surface area is 127 Å². The highest BCUT2D eigenvalue weighted by Crippen LogP contribution is 2.47. The summed E-state index contributed by atoms with van der Waals surface area (Å²) in [4.78, 5) is 17.2. The molecule has 2 heterocycles. The van der Waals surface area contributed by atoms with Crippen LogP contribution in [0.4, 0.5) is 0 Å². The van der Waals surface area contributed by atoms with Gasteiger partial charge in [0.15, 0.2) is 0 Å². The molecule has 2 atom stereocenters. The molecule has 2 aliphatic rings. The number of nitrogens with one attached hydrogen (secondary N) is 1. The van der Waals surface area contributed by atoms with Gasteiger partial charge < -0.3 is 15.1 Å². The molecule has 0 bridgehead atoms. The largest absolute Gasteiger partial charge is 0.356 e. The Bertz CT molecular complexity index is 502. The van der Waals surface area contributed by atoms with Crippen molar-refractivity contribution < 1.29 is 4.79 Å². The van der Waals surface area contributed by atoms with Crippen molar-refractivity contribution in [1.82, 2.24) is 15.1 Å². The molecule has 1 N–H and O–H groups in total. The van der Waals surface area contributed by atoms with Crippen LogP contribution in [0, 0.1) is 5.41 Å². The second-order valence-electron chi connectivity index (χ2n) is 6.66. The van der Waals surface area contributed by atoms with Crippen molar-refractivity contribution in [3.63, 3.8) is 0 Å². The van der Waals surface area contributed by atoms with Gasteiger partial charge in [-0.2, -0.15) is 0 Å². The SMILES string of the molecule is CN(C)CCN1C[C@H](c2ccccc2)[C@]2(CCNC2=O)C1. The Morgan fingerprint density at radius 2 is 2.10 bits per heavy atom. The molecule has 0 saturated carbocycles. The minimum absolute atomic E-state index is 0.215. The molecule has 0 unspecified atom stereocenters. The number of rotatable bonds is 4. The number of likely N-dealkylation sites (N-methyl/N-ethyl adjacent to an activating group) is 1. The highest BCUT2D eigenvalue weighted by Gasteiger charge is 2.54. The summed E-state index contributed by atoms with van der Waals surface area (Å²) in [5, 5.41) is 3.06. The van der Waals surface area contributed by atoms with Gasteiger partial charge in [0, 0.05) is 38.6 Å². The van der Waals surface area contributed by atoms with E-state index in [9.17, 15) is 4.79 Å². The molecule has 0 radical (unpaired) electrons. The van der Waals surface area contributed by atoms with E-state index in [4.69, 9.17) is 0 Å². The average Bonchev–Trinajstić information content (AvgIpc) is 3.03. The van der Waals surface area contributed by atoms with Crippen molar-refractivity contribution in [2.75, 3.05) is 46.8 Å². The molecule has 1 aromatic rings. The van der Waals surface area contributed by atoms with E-state index in [1.807, 2.05) is 6.07 Å². The van der Waals surface area contributed by atoms with Gasteiger partial charge in [0.05, 0.1) is 5.41 Å². The Hall–Kier alpha value is -1.39. The minimum Gasteiger partial charge on any atom is -0.356 e. The van der Waals surface area contributed by atoms with Crippen LogP contribution in [0.15, 0.2) is 30.3 Å². The van der Waals surface area contributed by atoms with Crippen LogP contribution in [-0.2, 0) is 4.79 Å². The molecule has 1 aromatic carbocycles. The summed E-state index contributed by atoms with van der Waals surface area (Å²) in [6.45, 7) is 4.78. The van der Waals surface area contributed by atoms with Crippen LogP contribution in [0.25, 0.3) is 0 Å². The third-order valence-corrected chi connectivity index (χ3v) is 4.99. The van der Waals surface area contributed by atoms with Crippen LogP contribution < -0.4 is 5.32 Å². The summed E-state index contributed by atoms with van der Waals surface area (Å²) in [6, 6.07) is 10.6. The Kier molecular flexibility index (Phi) is 4.00. The molecule has 4 heteroatoms. The highest BCUT2D eigenvalue weighted by molar-refractivity contribution is 5.86. The number of carbonyl (C=O) groups excluding carboxylic acids is 1. The fourth-order valence-electron chi connectivity index (χ4n) is 3.80. The van der Waals surface area contributed by atoms with Gasteiger partial charge in [-0.3, -0.25) is 4.79 Å². The van der Waals surface area contributed by atoms with Crippen molar-refractivity contribution >= 4 is 5.91 Å². The number of nitrogens with zero attached hydrogens (tertiary/aromatic N) is 2. The monoisotopic (exact) mass is 287 g/mol. The van der Waals surface area contributed by atoms with Gasteiger partial charge in [-0.25, -0.2) is 0 Å². The van der Waals surface area contributed by atoms with Crippen LogP contribution in [0.2, 0.25) is 0 Å². The topological polar surface area (TPSA) is 35.6 Å². The van der Waals surface area contributed by atoms with Crippen molar-refractivity contribution in [3.05, 3.63) is 35.9 Å². The van der Waals surface area contributed by atoms with E-state index in [1.165, 1.54) is 5.56 Å². The Morgan fingerprint density at radius 3 is 2.71 bits per heavy atom. The van der Waals surface area contributed by atoms with E-state index in [-0.39, 0.29) is 11.3 Å². The quantitative estimate of drug-likeness (QED) is 0.902. The fraction of sp³-hybridized carbons (Fsp3) is 0.588. The van der Waals surface area contributed by atoms with E-state index in [2.05, 4.69) is 53.5 Å². The van der Waals surface area contributed by atoms with Gasteiger partial charge in [0.2, 0.25) is 5.91 Å². The number of hydrogen-bond acceptors (Lipinski definition) is 3.